The number of alkyl halides is 11. The van der Waals surface area contributed by atoms with Crippen molar-refractivity contribution in [3.8, 4) is 0 Å². The predicted molar refractivity (Wildman–Crippen MR) is 115 cm³/mol. The normalized spacial score (nSPS) is 13.7. The molecule has 0 spiro atoms. The Labute approximate surface area is 211 Å². The first-order valence-electron chi connectivity index (χ1n) is 9.60. The number of carbonyl (C=O) groups is 1. The average molecular weight is 588 g/mol. The molecule has 0 saturated heterocycles. The second kappa shape index (κ2) is 13.3. The smallest absolute Gasteiger partial charge is 0.460 e. The summed E-state index contributed by atoms with van der Waals surface area (Å²) in [4.78, 5) is 13.7. The lowest BCUT2D eigenvalue weighted by Gasteiger charge is -2.33. The molecule has 35 heavy (non-hydrogen) atoms. The number of benzene rings is 1. The van der Waals surface area contributed by atoms with Crippen LogP contribution in [0.4, 0.5) is 45.2 Å². The number of nitrogens with two attached hydrogens (primary N) is 1. The van der Waals surface area contributed by atoms with E-state index in [1.54, 1.807) is 24.3 Å². The molecule has 0 aliphatic rings. The molecule has 0 heterocycles. The molecule has 1 aromatic carbocycles. The van der Waals surface area contributed by atoms with Crippen molar-refractivity contribution in [2.24, 2.45) is 5.73 Å². The van der Waals surface area contributed by atoms with Crippen LogP contribution in [0.1, 0.15) is 12.0 Å². The Morgan fingerprint density at radius 3 is 1.83 bits per heavy atom. The van der Waals surface area contributed by atoms with E-state index < -0.39 is 49.0 Å². The van der Waals surface area contributed by atoms with E-state index in [1.165, 1.54) is 0 Å². The Kier molecular flexibility index (Phi) is 12.8. The van der Waals surface area contributed by atoms with E-state index >= 15 is 0 Å². The maximum absolute atomic E-state index is 13.5. The van der Waals surface area contributed by atoms with Crippen molar-refractivity contribution in [1.82, 2.24) is 0 Å². The lowest BCUT2D eigenvalue weighted by molar-refractivity contribution is -0.397. The van der Waals surface area contributed by atoms with Crippen molar-refractivity contribution in [3.63, 3.8) is 0 Å². The van der Waals surface area contributed by atoms with Gasteiger partial charge in [-0.25, -0.2) is 0 Å². The second-order valence-electron chi connectivity index (χ2n) is 7.11. The highest BCUT2D eigenvalue weighted by Gasteiger charge is 2.81. The number of anilines is 1. The van der Waals surface area contributed by atoms with Crippen LogP contribution >= 0.6 is 35.6 Å². The van der Waals surface area contributed by atoms with E-state index in [-0.39, 0.29) is 18.8 Å². The third kappa shape index (κ3) is 8.36. The van der Waals surface area contributed by atoms with Crippen molar-refractivity contribution in [1.29, 1.82) is 0 Å². The molecule has 1 atom stereocenters. The monoisotopic (exact) mass is 586 g/mol. The first kappa shape index (κ1) is 33.7. The predicted octanol–water partition coefficient (Wildman–Crippen LogP) is 5.66. The van der Waals surface area contributed by atoms with Crippen LogP contribution in [0.15, 0.2) is 24.3 Å². The minimum atomic E-state index is -7.00. The van der Waals surface area contributed by atoms with Gasteiger partial charge in [0.1, 0.15) is 6.04 Å². The van der Waals surface area contributed by atoms with Gasteiger partial charge in [-0.15, -0.1) is 35.6 Å². The molecule has 1 rings (SSSR count). The summed E-state index contributed by atoms with van der Waals surface area (Å²) >= 11 is 11.5. The van der Waals surface area contributed by atoms with Gasteiger partial charge in [-0.3, -0.25) is 4.79 Å². The fraction of sp³-hybridized carbons (Fsp3) is 0.632. The Morgan fingerprint density at radius 1 is 0.914 bits per heavy atom. The molecule has 0 unspecified atom stereocenters. The number of hydrogen-bond acceptors (Lipinski definition) is 4. The molecule has 4 nitrogen and oxygen atoms in total. The van der Waals surface area contributed by atoms with Gasteiger partial charge in [-0.1, -0.05) is 12.1 Å². The highest BCUT2D eigenvalue weighted by molar-refractivity contribution is 6.18. The van der Waals surface area contributed by atoms with E-state index in [0.29, 0.717) is 30.4 Å². The number of hydrogen-bond donors (Lipinski definition) is 1. The summed E-state index contributed by atoms with van der Waals surface area (Å²) in [6.45, 7) is -0.538. The molecule has 0 amide bonds. The Balaban J connectivity index is 0.0000116. The molecule has 204 valence electrons. The van der Waals surface area contributed by atoms with Crippen LogP contribution in [0.3, 0.4) is 0 Å². The number of esters is 1. The van der Waals surface area contributed by atoms with Gasteiger partial charge in [-0.2, -0.15) is 39.5 Å². The highest BCUT2D eigenvalue weighted by atomic mass is 35.5. The van der Waals surface area contributed by atoms with Crippen molar-refractivity contribution < 1.29 is 49.0 Å². The Bertz CT molecular complexity index is 791. The van der Waals surface area contributed by atoms with E-state index in [0.717, 1.165) is 5.69 Å². The molecule has 0 saturated carbocycles. The number of carbonyl (C=O) groups excluding carboxylic acids is 1. The van der Waals surface area contributed by atoms with Gasteiger partial charge < -0.3 is 15.4 Å². The van der Waals surface area contributed by atoms with E-state index in [2.05, 4.69) is 4.74 Å². The van der Waals surface area contributed by atoms with Gasteiger partial charge in [0.25, 0.3) is 0 Å². The summed E-state index contributed by atoms with van der Waals surface area (Å²) in [6, 6.07) is 5.09. The Hall–Kier alpha value is -1.31. The molecule has 0 aliphatic heterocycles. The molecule has 0 fully saturated rings. The largest absolute Gasteiger partial charge is 0.464 e. The zero-order valence-corrected chi connectivity index (χ0v) is 20.1. The maximum atomic E-state index is 13.5. The first-order chi connectivity index (χ1) is 15.5. The number of halogens is 12. The third-order valence-corrected chi connectivity index (χ3v) is 4.98. The molecule has 0 aliphatic carbocycles. The van der Waals surface area contributed by atoms with Gasteiger partial charge in [0.2, 0.25) is 0 Å². The van der Waals surface area contributed by atoms with Crippen molar-refractivity contribution in [2.75, 3.05) is 36.4 Å². The molecule has 0 radical (unpaired) electrons. The summed E-state index contributed by atoms with van der Waals surface area (Å²) in [6.07, 6.45) is -9.36. The van der Waals surface area contributed by atoms with Gasteiger partial charge in [0.05, 0.1) is 13.0 Å². The summed E-state index contributed by atoms with van der Waals surface area (Å²) in [7, 11) is 0. The highest BCUT2D eigenvalue weighted by Crippen LogP contribution is 2.53. The average Bonchev–Trinajstić information content (AvgIpc) is 2.72. The lowest BCUT2D eigenvalue weighted by Crippen LogP contribution is -2.61. The van der Waals surface area contributed by atoms with Crippen LogP contribution < -0.4 is 10.6 Å². The summed E-state index contributed by atoms with van der Waals surface area (Å²) < 4.78 is 120. The molecule has 0 bridgehead atoms. The zero-order chi connectivity index (χ0) is 26.4. The van der Waals surface area contributed by atoms with Crippen molar-refractivity contribution in [3.05, 3.63) is 29.8 Å². The Morgan fingerprint density at radius 2 is 1.40 bits per heavy atom. The van der Waals surface area contributed by atoms with E-state index in [9.17, 15) is 44.3 Å². The van der Waals surface area contributed by atoms with E-state index in [1.807, 2.05) is 4.90 Å². The van der Waals surface area contributed by atoms with Gasteiger partial charge in [0.15, 0.2) is 0 Å². The lowest BCUT2D eigenvalue weighted by atomic mass is 10.0. The number of ether oxygens (including phenoxy) is 1. The van der Waals surface area contributed by atoms with Crippen LogP contribution in [0.5, 0.6) is 0 Å². The molecule has 1 aromatic rings. The quantitative estimate of drug-likeness (QED) is 0.184. The maximum Gasteiger partial charge on any atom is 0.460 e. The SMILES string of the molecule is Cl.N[C@@H](Cc1ccc(N(CCCl)CCCl)cc1)C(=O)OCCC(F)(F)C(F)(F)C(F)(F)C(F)(F)F. The van der Waals surface area contributed by atoms with Crippen molar-refractivity contribution in [2.45, 2.75) is 42.8 Å². The third-order valence-electron chi connectivity index (χ3n) is 4.64. The summed E-state index contributed by atoms with van der Waals surface area (Å²) in [5.41, 5.74) is 6.85. The van der Waals surface area contributed by atoms with Crippen LogP contribution in [0, 0.1) is 0 Å². The first-order valence-corrected chi connectivity index (χ1v) is 10.7. The van der Waals surface area contributed by atoms with Crippen LogP contribution in [0.2, 0.25) is 0 Å². The minimum absolute atomic E-state index is 0. The molecule has 16 heteroatoms. The summed E-state index contributed by atoms with van der Waals surface area (Å²) in [5.74, 6) is -20.3. The van der Waals surface area contributed by atoms with Gasteiger partial charge in [0, 0.05) is 30.5 Å². The summed E-state index contributed by atoms with van der Waals surface area (Å²) in [5, 5.41) is 0. The van der Waals surface area contributed by atoms with Crippen LogP contribution in [-0.4, -0.2) is 67.4 Å². The topological polar surface area (TPSA) is 55.6 Å². The minimum Gasteiger partial charge on any atom is -0.464 e. The number of nitrogens with zero attached hydrogens (tertiary/aromatic N) is 1. The van der Waals surface area contributed by atoms with Crippen molar-refractivity contribution >= 4 is 47.3 Å². The van der Waals surface area contributed by atoms with E-state index in [4.69, 9.17) is 28.9 Å². The molecule has 0 aromatic heterocycles. The molecular formula is C19H22Cl3F9N2O2. The standard InChI is InChI=1S/C19H21Cl2F9N2O2.ClH/c20-6-8-32(9-7-21)13-3-1-12(2-4-13)11-14(31)15(33)34-10-5-16(22,23)17(24,25)18(26,27)19(28,29)30;/h1-4,14H,5-11,31H2;1H/t14-;/m0./s1. The second-order valence-corrected chi connectivity index (χ2v) is 7.87. The van der Waals surface area contributed by atoms with Crippen LogP contribution in [-0.2, 0) is 16.0 Å². The molecular weight excluding hydrogens is 566 g/mol. The zero-order valence-electron chi connectivity index (χ0n) is 17.7. The fourth-order valence-corrected chi connectivity index (χ4v) is 3.11. The molecule has 2 N–H and O–H groups in total. The van der Waals surface area contributed by atoms with Crippen LogP contribution in [0.25, 0.3) is 0 Å². The van der Waals surface area contributed by atoms with Gasteiger partial charge in [-0.05, 0) is 24.1 Å². The van der Waals surface area contributed by atoms with Gasteiger partial charge >= 0.3 is 29.9 Å². The number of rotatable bonds is 13. The fourth-order valence-electron chi connectivity index (χ4n) is 2.71.